The van der Waals surface area contributed by atoms with Crippen LogP contribution in [0.5, 0.6) is 0 Å². The minimum atomic E-state index is -3.19. The average molecular weight is 268 g/mol. The molecule has 1 aromatic rings. The Hall–Kier alpha value is -1.23. The summed E-state index contributed by atoms with van der Waals surface area (Å²) < 4.78 is 22.9. The molecule has 0 saturated heterocycles. The molecule has 100 valence electrons. The Morgan fingerprint density at radius 3 is 2.39 bits per heavy atom. The van der Waals surface area contributed by atoms with Gasteiger partial charge in [-0.25, -0.2) is 8.42 Å². The summed E-state index contributed by atoms with van der Waals surface area (Å²) in [6, 6.07) is 5.52. The van der Waals surface area contributed by atoms with E-state index in [1.54, 1.807) is 12.1 Å². The second kappa shape index (κ2) is 4.80. The zero-order chi connectivity index (χ0) is 13.3. The fourth-order valence-electron chi connectivity index (χ4n) is 2.57. The van der Waals surface area contributed by atoms with Crippen molar-refractivity contribution < 1.29 is 8.42 Å². The molecule has 0 atom stereocenters. The number of rotatable bonds is 3. The number of sulfone groups is 1. The highest BCUT2D eigenvalue weighted by molar-refractivity contribution is 7.90. The van der Waals surface area contributed by atoms with Crippen molar-refractivity contribution in [3.05, 3.63) is 18.2 Å². The third-order valence-corrected chi connectivity index (χ3v) is 4.79. The molecule has 0 radical (unpaired) electrons. The summed E-state index contributed by atoms with van der Waals surface area (Å²) in [6.45, 7) is 0. The van der Waals surface area contributed by atoms with Gasteiger partial charge in [-0.3, -0.25) is 0 Å². The van der Waals surface area contributed by atoms with E-state index in [2.05, 4.69) is 4.90 Å². The second-order valence-electron chi connectivity index (χ2n) is 5.04. The van der Waals surface area contributed by atoms with Gasteiger partial charge in [-0.15, -0.1) is 0 Å². The molecule has 1 fully saturated rings. The van der Waals surface area contributed by atoms with Crippen LogP contribution in [0.15, 0.2) is 23.1 Å². The molecule has 0 unspecified atom stereocenters. The van der Waals surface area contributed by atoms with Crippen LogP contribution in [-0.2, 0) is 9.84 Å². The third kappa shape index (κ3) is 2.61. The molecular formula is C13H20N2O2S. The quantitative estimate of drug-likeness (QED) is 0.852. The summed E-state index contributed by atoms with van der Waals surface area (Å²) in [7, 11) is -1.16. The number of nitrogens with two attached hydrogens (primary N) is 1. The molecule has 0 aromatic heterocycles. The Morgan fingerprint density at radius 1 is 1.28 bits per heavy atom. The first kappa shape index (κ1) is 13.2. The van der Waals surface area contributed by atoms with E-state index < -0.39 is 9.84 Å². The van der Waals surface area contributed by atoms with Crippen molar-refractivity contribution in [3.8, 4) is 0 Å². The van der Waals surface area contributed by atoms with Gasteiger partial charge in [0.05, 0.1) is 16.3 Å². The second-order valence-corrected chi connectivity index (χ2v) is 7.06. The Bertz CT molecular complexity index is 534. The van der Waals surface area contributed by atoms with Gasteiger partial charge in [0.2, 0.25) is 0 Å². The SMILES string of the molecule is CN(c1ccc(S(C)(=O)=O)cc1N)C1CCCC1. The van der Waals surface area contributed by atoms with Crippen LogP contribution in [0.4, 0.5) is 11.4 Å². The van der Waals surface area contributed by atoms with Crippen molar-refractivity contribution in [2.24, 2.45) is 0 Å². The topological polar surface area (TPSA) is 63.4 Å². The van der Waals surface area contributed by atoms with E-state index >= 15 is 0 Å². The van der Waals surface area contributed by atoms with Crippen molar-refractivity contribution in [2.45, 2.75) is 36.6 Å². The summed E-state index contributed by atoms with van der Waals surface area (Å²) in [4.78, 5) is 2.46. The molecule has 5 heteroatoms. The van der Waals surface area contributed by atoms with Gasteiger partial charge in [-0.05, 0) is 31.0 Å². The van der Waals surface area contributed by atoms with Crippen molar-refractivity contribution in [2.75, 3.05) is 23.9 Å². The first-order chi connectivity index (χ1) is 8.39. The molecule has 1 aliphatic carbocycles. The molecule has 0 bridgehead atoms. The number of nitrogens with zero attached hydrogens (tertiary/aromatic N) is 1. The predicted octanol–water partition coefficient (Wildman–Crippen LogP) is 2.05. The molecule has 0 amide bonds. The third-order valence-electron chi connectivity index (χ3n) is 3.68. The summed E-state index contributed by atoms with van der Waals surface area (Å²) in [5.41, 5.74) is 7.44. The van der Waals surface area contributed by atoms with Gasteiger partial charge < -0.3 is 10.6 Å². The van der Waals surface area contributed by atoms with E-state index in [9.17, 15) is 8.42 Å². The lowest BCUT2D eigenvalue weighted by molar-refractivity contribution is 0.602. The number of anilines is 2. The van der Waals surface area contributed by atoms with Crippen LogP contribution in [0.1, 0.15) is 25.7 Å². The number of hydrogen-bond acceptors (Lipinski definition) is 4. The molecule has 1 aromatic carbocycles. The van der Waals surface area contributed by atoms with Gasteiger partial charge >= 0.3 is 0 Å². The smallest absolute Gasteiger partial charge is 0.175 e. The number of nitrogen functional groups attached to an aromatic ring is 1. The van der Waals surface area contributed by atoms with Crippen LogP contribution < -0.4 is 10.6 Å². The van der Waals surface area contributed by atoms with Gasteiger partial charge in [-0.1, -0.05) is 12.8 Å². The predicted molar refractivity (Wildman–Crippen MR) is 74.6 cm³/mol. The molecule has 18 heavy (non-hydrogen) atoms. The molecule has 1 aliphatic rings. The number of benzene rings is 1. The molecule has 4 nitrogen and oxygen atoms in total. The molecule has 0 spiro atoms. The minimum Gasteiger partial charge on any atom is -0.397 e. The van der Waals surface area contributed by atoms with Crippen LogP contribution in [0.2, 0.25) is 0 Å². The molecule has 0 aliphatic heterocycles. The van der Waals surface area contributed by atoms with Crippen molar-refractivity contribution in [1.29, 1.82) is 0 Å². The zero-order valence-electron chi connectivity index (χ0n) is 10.9. The van der Waals surface area contributed by atoms with E-state index in [1.807, 2.05) is 13.1 Å². The maximum Gasteiger partial charge on any atom is 0.175 e. The minimum absolute atomic E-state index is 0.281. The Morgan fingerprint density at radius 2 is 1.89 bits per heavy atom. The van der Waals surface area contributed by atoms with E-state index in [-0.39, 0.29) is 4.90 Å². The summed E-state index contributed by atoms with van der Waals surface area (Å²) in [6.07, 6.45) is 6.09. The number of hydrogen-bond donors (Lipinski definition) is 1. The van der Waals surface area contributed by atoms with Crippen molar-refractivity contribution in [3.63, 3.8) is 0 Å². The lowest BCUT2D eigenvalue weighted by Crippen LogP contribution is -2.29. The first-order valence-corrected chi connectivity index (χ1v) is 8.11. The van der Waals surface area contributed by atoms with Crippen molar-refractivity contribution >= 4 is 21.2 Å². The lowest BCUT2D eigenvalue weighted by Gasteiger charge is -2.27. The normalized spacial score (nSPS) is 17.0. The summed E-state index contributed by atoms with van der Waals surface area (Å²) >= 11 is 0. The Kier molecular flexibility index (Phi) is 3.52. The van der Waals surface area contributed by atoms with Gasteiger partial charge in [0.1, 0.15) is 0 Å². The fourth-order valence-corrected chi connectivity index (χ4v) is 3.23. The highest BCUT2D eigenvalue weighted by Crippen LogP contribution is 2.31. The first-order valence-electron chi connectivity index (χ1n) is 6.22. The van der Waals surface area contributed by atoms with Crippen LogP contribution in [0.3, 0.4) is 0 Å². The van der Waals surface area contributed by atoms with Gasteiger partial charge in [0.25, 0.3) is 0 Å². The standard InChI is InChI=1S/C13H20N2O2S/c1-15(10-5-3-4-6-10)13-8-7-11(9-12(13)14)18(2,16)17/h7-10H,3-6,14H2,1-2H3. The van der Waals surface area contributed by atoms with Crippen molar-refractivity contribution in [1.82, 2.24) is 0 Å². The molecular weight excluding hydrogens is 248 g/mol. The maximum atomic E-state index is 11.5. The van der Waals surface area contributed by atoms with E-state index in [0.29, 0.717) is 11.7 Å². The van der Waals surface area contributed by atoms with Crippen LogP contribution in [-0.4, -0.2) is 27.8 Å². The highest BCUT2D eigenvalue weighted by atomic mass is 32.2. The maximum absolute atomic E-state index is 11.5. The fraction of sp³-hybridized carbons (Fsp3) is 0.538. The summed E-state index contributed by atoms with van der Waals surface area (Å²) in [5, 5.41) is 0. The molecule has 1 saturated carbocycles. The van der Waals surface area contributed by atoms with Gasteiger partial charge in [0, 0.05) is 19.3 Å². The van der Waals surface area contributed by atoms with E-state index in [1.165, 1.54) is 31.9 Å². The van der Waals surface area contributed by atoms with Crippen LogP contribution >= 0.6 is 0 Å². The Balaban J connectivity index is 2.29. The molecule has 2 rings (SSSR count). The van der Waals surface area contributed by atoms with E-state index in [0.717, 1.165) is 5.69 Å². The lowest BCUT2D eigenvalue weighted by atomic mass is 10.2. The molecule has 2 N–H and O–H groups in total. The summed E-state index contributed by atoms with van der Waals surface area (Å²) in [5.74, 6) is 0. The van der Waals surface area contributed by atoms with Crippen LogP contribution in [0.25, 0.3) is 0 Å². The monoisotopic (exact) mass is 268 g/mol. The largest absolute Gasteiger partial charge is 0.397 e. The molecule has 0 heterocycles. The van der Waals surface area contributed by atoms with Gasteiger partial charge in [-0.2, -0.15) is 0 Å². The average Bonchev–Trinajstić information content (AvgIpc) is 2.80. The highest BCUT2D eigenvalue weighted by Gasteiger charge is 2.21. The zero-order valence-corrected chi connectivity index (χ0v) is 11.7. The van der Waals surface area contributed by atoms with E-state index in [4.69, 9.17) is 5.73 Å². The van der Waals surface area contributed by atoms with Crippen LogP contribution in [0, 0.1) is 0 Å². The van der Waals surface area contributed by atoms with Gasteiger partial charge in [0.15, 0.2) is 9.84 Å². The Labute approximate surface area is 109 Å².